The molecule has 1 aliphatic rings. The number of nitrogens with one attached hydrogen (secondary N) is 1. The van der Waals surface area contributed by atoms with E-state index >= 15 is 0 Å². The number of carbonyl (C=O) groups excluding carboxylic acids is 1. The molecule has 0 aliphatic heterocycles. The van der Waals surface area contributed by atoms with Crippen molar-refractivity contribution < 1.29 is 4.79 Å². The van der Waals surface area contributed by atoms with Crippen LogP contribution in [-0.4, -0.2) is 15.7 Å². The van der Waals surface area contributed by atoms with Crippen LogP contribution >= 0.6 is 11.3 Å². The molecular weight excluding hydrogens is 270 g/mol. The number of carbonyl (C=O) groups is 1. The summed E-state index contributed by atoms with van der Waals surface area (Å²) in [5, 5.41) is 11.6. The van der Waals surface area contributed by atoms with Crippen molar-refractivity contribution in [3.63, 3.8) is 0 Å². The molecule has 20 heavy (non-hydrogen) atoms. The van der Waals surface area contributed by atoms with Gasteiger partial charge in [0.2, 0.25) is 5.91 Å². The number of hydrogen-bond donors (Lipinski definition) is 1. The third-order valence-electron chi connectivity index (χ3n) is 3.93. The molecule has 2 heterocycles. The standard InChI is InChI=1S/C15H19N3OS/c1-18-14-4-2-3-13(12(14)9-16-18)17-15(19)6-5-11-7-8-20-10-11/h7-10,13H,2-6H2,1H3,(H,17,19)/t13-/m1/s1. The van der Waals surface area contributed by atoms with Crippen LogP contribution in [0.3, 0.4) is 0 Å². The first-order valence-corrected chi connectivity index (χ1v) is 7.99. The van der Waals surface area contributed by atoms with Gasteiger partial charge in [-0.05, 0) is 48.1 Å². The summed E-state index contributed by atoms with van der Waals surface area (Å²) in [6.45, 7) is 0. The van der Waals surface area contributed by atoms with Crippen LogP contribution in [0.4, 0.5) is 0 Å². The number of thiophene rings is 1. The lowest BCUT2D eigenvalue weighted by Gasteiger charge is -2.23. The highest BCUT2D eigenvalue weighted by Gasteiger charge is 2.24. The molecule has 0 spiro atoms. The highest BCUT2D eigenvalue weighted by atomic mass is 32.1. The molecule has 2 aromatic heterocycles. The van der Waals surface area contributed by atoms with E-state index in [9.17, 15) is 4.79 Å². The fraction of sp³-hybridized carbons (Fsp3) is 0.467. The van der Waals surface area contributed by atoms with Gasteiger partial charge in [-0.3, -0.25) is 9.48 Å². The van der Waals surface area contributed by atoms with Gasteiger partial charge in [-0.2, -0.15) is 16.4 Å². The SMILES string of the molecule is Cn1ncc2c1CCC[C@H]2NC(=O)CCc1ccsc1. The molecule has 0 radical (unpaired) electrons. The zero-order valence-electron chi connectivity index (χ0n) is 11.6. The minimum Gasteiger partial charge on any atom is -0.349 e. The largest absolute Gasteiger partial charge is 0.349 e. The first-order chi connectivity index (χ1) is 9.74. The molecule has 0 saturated heterocycles. The second-order valence-electron chi connectivity index (χ2n) is 5.31. The van der Waals surface area contributed by atoms with E-state index in [1.807, 2.05) is 17.9 Å². The summed E-state index contributed by atoms with van der Waals surface area (Å²) in [6.07, 6.45) is 6.47. The summed E-state index contributed by atoms with van der Waals surface area (Å²) in [6, 6.07) is 2.22. The zero-order chi connectivity index (χ0) is 13.9. The molecule has 2 aromatic rings. The van der Waals surface area contributed by atoms with E-state index in [1.54, 1.807) is 11.3 Å². The van der Waals surface area contributed by atoms with Gasteiger partial charge in [0, 0.05) is 24.7 Å². The van der Waals surface area contributed by atoms with Crippen molar-refractivity contribution in [2.75, 3.05) is 0 Å². The lowest BCUT2D eigenvalue weighted by Crippen LogP contribution is -2.31. The van der Waals surface area contributed by atoms with E-state index in [-0.39, 0.29) is 11.9 Å². The van der Waals surface area contributed by atoms with Gasteiger partial charge >= 0.3 is 0 Å². The molecule has 106 valence electrons. The van der Waals surface area contributed by atoms with Crippen LogP contribution in [0.15, 0.2) is 23.0 Å². The molecule has 1 N–H and O–H groups in total. The number of aromatic nitrogens is 2. The van der Waals surface area contributed by atoms with E-state index in [4.69, 9.17) is 0 Å². The van der Waals surface area contributed by atoms with E-state index in [0.717, 1.165) is 25.7 Å². The molecule has 0 unspecified atom stereocenters. The zero-order valence-corrected chi connectivity index (χ0v) is 12.4. The Morgan fingerprint density at radius 3 is 3.30 bits per heavy atom. The Bertz CT molecular complexity index is 588. The first kappa shape index (κ1) is 13.4. The number of rotatable bonds is 4. The number of hydrogen-bond acceptors (Lipinski definition) is 3. The van der Waals surface area contributed by atoms with E-state index in [0.29, 0.717) is 6.42 Å². The molecule has 0 aromatic carbocycles. The van der Waals surface area contributed by atoms with Crippen LogP contribution < -0.4 is 5.32 Å². The molecule has 5 heteroatoms. The third-order valence-corrected chi connectivity index (χ3v) is 4.66. The Kier molecular flexibility index (Phi) is 3.87. The van der Waals surface area contributed by atoms with Crippen LogP contribution in [-0.2, 0) is 24.7 Å². The van der Waals surface area contributed by atoms with Crippen LogP contribution in [0.1, 0.15) is 42.1 Å². The lowest BCUT2D eigenvalue weighted by molar-refractivity contribution is -0.121. The van der Waals surface area contributed by atoms with Crippen LogP contribution in [0.25, 0.3) is 0 Å². The Morgan fingerprint density at radius 1 is 1.60 bits per heavy atom. The molecule has 1 atom stereocenters. The Balaban J connectivity index is 1.59. The van der Waals surface area contributed by atoms with Crippen molar-refractivity contribution in [1.29, 1.82) is 0 Å². The van der Waals surface area contributed by atoms with Gasteiger partial charge in [0.1, 0.15) is 0 Å². The number of fused-ring (bicyclic) bond motifs is 1. The van der Waals surface area contributed by atoms with Gasteiger partial charge in [0.15, 0.2) is 0 Å². The fourth-order valence-corrected chi connectivity index (χ4v) is 3.52. The maximum absolute atomic E-state index is 12.1. The average molecular weight is 289 g/mol. The van der Waals surface area contributed by atoms with Gasteiger partial charge in [0.05, 0.1) is 12.2 Å². The van der Waals surface area contributed by atoms with Crippen molar-refractivity contribution >= 4 is 17.2 Å². The summed E-state index contributed by atoms with van der Waals surface area (Å²) >= 11 is 1.68. The number of aryl methyl sites for hydroxylation is 2. The molecule has 1 amide bonds. The highest BCUT2D eigenvalue weighted by Crippen LogP contribution is 2.29. The maximum Gasteiger partial charge on any atom is 0.220 e. The smallest absolute Gasteiger partial charge is 0.220 e. The van der Waals surface area contributed by atoms with Crippen molar-refractivity contribution in [2.24, 2.45) is 7.05 Å². The van der Waals surface area contributed by atoms with E-state index in [1.165, 1.54) is 16.8 Å². The maximum atomic E-state index is 12.1. The minimum atomic E-state index is 0.137. The van der Waals surface area contributed by atoms with Crippen LogP contribution in [0, 0.1) is 0 Å². The summed E-state index contributed by atoms with van der Waals surface area (Å²) in [5.41, 5.74) is 3.71. The topological polar surface area (TPSA) is 46.9 Å². The summed E-state index contributed by atoms with van der Waals surface area (Å²) in [7, 11) is 1.97. The van der Waals surface area contributed by atoms with Gasteiger partial charge in [-0.15, -0.1) is 0 Å². The predicted molar refractivity (Wildman–Crippen MR) is 79.7 cm³/mol. The Hall–Kier alpha value is -1.62. The summed E-state index contributed by atoms with van der Waals surface area (Å²) in [5.74, 6) is 0.137. The average Bonchev–Trinajstić information content (AvgIpc) is 3.08. The molecule has 4 nitrogen and oxygen atoms in total. The predicted octanol–water partition coefficient (Wildman–Crippen LogP) is 2.61. The van der Waals surface area contributed by atoms with Gasteiger partial charge < -0.3 is 5.32 Å². The van der Waals surface area contributed by atoms with Gasteiger partial charge in [0.25, 0.3) is 0 Å². The fourth-order valence-electron chi connectivity index (χ4n) is 2.82. The van der Waals surface area contributed by atoms with E-state index < -0.39 is 0 Å². The second-order valence-corrected chi connectivity index (χ2v) is 6.09. The van der Waals surface area contributed by atoms with Gasteiger partial charge in [-0.1, -0.05) is 0 Å². The summed E-state index contributed by atoms with van der Waals surface area (Å²) in [4.78, 5) is 12.1. The molecular formula is C15H19N3OS. The first-order valence-electron chi connectivity index (χ1n) is 7.05. The molecule has 3 rings (SSSR count). The van der Waals surface area contributed by atoms with E-state index in [2.05, 4.69) is 27.2 Å². The highest BCUT2D eigenvalue weighted by molar-refractivity contribution is 7.07. The molecule has 1 aliphatic carbocycles. The Labute approximate surface area is 122 Å². The summed E-state index contributed by atoms with van der Waals surface area (Å²) < 4.78 is 1.93. The normalized spacial score (nSPS) is 17.8. The monoisotopic (exact) mass is 289 g/mol. The third kappa shape index (κ3) is 2.77. The second kappa shape index (κ2) is 5.79. The van der Waals surface area contributed by atoms with Crippen molar-refractivity contribution in [3.05, 3.63) is 39.8 Å². The number of nitrogens with zero attached hydrogens (tertiary/aromatic N) is 2. The molecule has 0 bridgehead atoms. The molecule has 0 saturated carbocycles. The lowest BCUT2D eigenvalue weighted by atomic mass is 9.93. The van der Waals surface area contributed by atoms with Crippen molar-refractivity contribution in [2.45, 2.75) is 38.1 Å². The number of amides is 1. The van der Waals surface area contributed by atoms with Crippen molar-refractivity contribution in [1.82, 2.24) is 15.1 Å². The quantitative estimate of drug-likeness (QED) is 0.940. The minimum absolute atomic E-state index is 0.137. The van der Waals surface area contributed by atoms with Gasteiger partial charge in [-0.25, -0.2) is 0 Å². The van der Waals surface area contributed by atoms with Crippen LogP contribution in [0.2, 0.25) is 0 Å². The Morgan fingerprint density at radius 2 is 2.50 bits per heavy atom. The van der Waals surface area contributed by atoms with Crippen LogP contribution in [0.5, 0.6) is 0 Å². The molecule has 0 fully saturated rings. The van der Waals surface area contributed by atoms with Crippen molar-refractivity contribution in [3.8, 4) is 0 Å².